The van der Waals surface area contributed by atoms with Crippen molar-refractivity contribution in [2.45, 2.75) is 0 Å². The summed E-state index contributed by atoms with van der Waals surface area (Å²) >= 11 is 0. The predicted octanol–water partition coefficient (Wildman–Crippen LogP) is 31.3. The number of aromatic nitrogens is 10. The molecule has 14 heteroatoms. The van der Waals surface area contributed by atoms with Gasteiger partial charge in [-0.15, -0.1) is 0 Å². The number of fused-ring (bicyclic) bond motifs is 12. The first-order valence-electron chi connectivity index (χ1n) is 45.5. The first-order valence-corrected chi connectivity index (χ1v) is 45.5. The first kappa shape index (κ1) is 81.6. The van der Waals surface area contributed by atoms with E-state index < -0.39 is 0 Å². The molecule has 138 heavy (non-hydrogen) atoms. The molecule has 0 bridgehead atoms. The molecule has 14 nitrogen and oxygen atoms in total. The molecular formula is C124H74N14. The number of benzene rings is 19. The second kappa shape index (κ2) is 34.6. The topological polar surface area (TPSA) is 153 Å². The molecule has 0 amide bonds. The lowest BCUT2D eigenvalue weighted by Gasteiger charge is -2.17. The normalized spacial score (nSPS) is 11.3. The first-order chi connectivity index (χ1) is 68.2. The van der Waals surface area contributed by atoms with Gasteiger partial charge >= 0.3 is 0 Å². The summed E-state index contributed by atoms with van der Waals surface area (Å²) in [7, 11) is 0. The Labute approximate surface area is 793 Å². The summed E-state index contributed by atoms with van der Waals surface area (Å²) in [6.45, 7) is 15.1. The SMILES string of the molecule is [C-]#[N+]c1ccc(-c2ccc3c(c2)c2cc(-c4ccc(C#N)cc4)ccc2n3-c2ccc(-c3cccc4c5ccccc5n(-c5ccccc5)c34)cc2-c2nc(-c3ccccc3)nc(-c3ccccc3)n2)cc1.[C-]#[N+]c1ccc(-c2ccc3c4ccccc4n(-c4ccc(-c5cccc6c7ccccc7n(-c7ccccc7)c56)cc4-c4nc(-c5ccccc5)nc(-c5ccccc5)n4)c3c2)c(C#N)c1. The molecular weight excluding hydrogens is 1690 g/mol. The zero-order chi connectivity index (χ0) is 92.3. The van der Waals surface area contributed by atoms with Gasteiger partial charge in [0.1, 0.15) is 0 Å². The minimum absolute atomic E-state index is 0.428. The molecule has 0 saturated carbocycles. The second-order valence-electron chi connectivity index (χ2n) is 34.0. The third kappa shape index (κ3) is 14.4. The summed E-state index contributed by atoms with van der Waals surface area (Å²) in [5.41, 5.74) is 29.6. The molecule has 0 unspecified atom stereocenters. The van der Waals surface area contributed by atoms with Gasteiger partial charge in [-0.05, 0) is 160 Å². The summed E-state index contributed by atoms with van der Waals surface area (Å²) in [4.78, 5) is 38.8. The zero-order valence-corrected chi connectivity index (χ0v) is 74.0. The van der Waals surface area contributed by atoms with Gasteiger partial charge in [-0.25, -0.2) is 39.6 Å². The minimum atomic E-state index is 0.428. The van der Waals surface area contributed by atoms with E-state index in [1.807, 2.05) is 176 Å². The van der Waals surface area contributed by atoms with Crippen molar-refractivity contribution in [1.29, 1.82) is 10.5 Å². The lowest BCUT2D eigenvalue weighted by molar-refractivity contribution is 1.06. The van der Waals surface area contributed by atoms with E-state index in [2.05, 4.69) is 301 Å². The fourth-order valence-electron chi connectivity index (χ4n) is 19.7. The lowest BCUT2D eigenvalue weighted by Crippen LogP contribution is -2.04. The van der Waals surface area contributed by atoms with Crippen molar-refractivity contribution >= 4 is 98.6 Å². The summed E-state index contributed by atoms with van der Waals surface area (Å²) in [5, 5.41) is 28.8. The van der Waals surface area contributed by atoms with Gasteiger partial charge < -0.3 is 18.3 Å². The molecule has 0 fully saturated rings. The molecule has 0 aliphatic carbocycles. The van der Waals surface area contributed by atoms with Crippen LogP contribution in [0.2, 0.25) is 0 Å². The smallest absolute Gasteiger partial charge is 0.188 e. The van der Waals surface area contributed by atoms with Crippen molar-refractivity contribution in [2.24, 2.45) is 0 Å². The highest BCUT2D eigenvalue weighted by atomic mass is 15.1. The van der Waals surface area contributed by atoms with Crippen molar-refractivity contribution in [2.75, 3.05) is 0 Å². The van der Waals surface area contributed by atoms with Crippen LogP contribution >= 0.6 is 0 Å². The van der Waals surface area contributed by atoms with Crippen LogP contribution in [0.25, 0.3) is 244 Å². The molecule has 6 aromatic heterocycles. The molecule has 0 aliphatic heterocycles. The van der Waals surface area contributed by atoms with E-state index in [1.165, 1.54) is 10.8 Å². The quantitative estimate of drug-likeness (QED) is 0.0920. The highest BCUT2D eigenvalue weighted by molar-refractivity contribution is 6.17. The molecule has 0 N–H and O–H groups in total. The fraction of sp³-hybridized carbons (Fsp3) is 0. The highest BCUT2D eigenvalue weighted by Crippen LogP contribution is 2.48. The van der Waals surface area contributed by atoms with Crippen LogP contribution in [0.4, 0.5) is 11.4 Å². The van der Waals surface area contributed by atoms with Gasteiger partial charge in [0.15, 0.2) is 46.3 Å². The maximum Gasteiger partial charge on any atom is 0.188 e. The van der Waals surface area contributed by atoms with Crippen LogP contribution in [-0.4, -0.2) is 48.2 Å². The molecule has 0 radical (unpaired) electrons. The van der Waals surface area contributed by atoms with Gasteiger partial charge in [0, 0.05) is 105 Å². The van der Waals surface area contributed by atoms with Gasteiger partial charge in [-0.3, -0.25) is 0 Å². The van der Waals surface area contributed by atoms with Crippen molar-refractivity contribution < 1.29 is 0 Å². The van der Waals surface area contributed by atoms with Crippen molar-refractivity contribution in [3.63, 3.8) is 0 Å². The van der Waals surface area contributed by atoms with Crippen LogP contribution in [0.3, 0.4) is 0 Å². The molecule has 25 rings (SSSR count). The molecule has 25 aromatic rings. The minimum Gasteiger partial charge on any atom is -0.309 e. The number of hydrogen-bond donors (Lipinski definition) is 0. The molecule has 19 aromatic carbocycles. The molecule has 0 atom stereocenters. The van der Waals surface area contributed by atoms with E-state index in [9.17, 15) is 10.5 Å². The number of hydrogen-bond acceptors (Lipinski definition) is 8. The van der Waals surface area contributed by atoms with E-state index in [4.69, 9.17) is 43.0 Å². The molecule has 0 aliphatic rings. The Balaban J connectivity index is 0.000000151. The Morgan fingerprint density at radius 3 is 0.964 bits per heavy atom. The highest BCUT2D eigenvalue weighted by Gasteiger charge is 2.28. The predicted molar refractivity (Wildman–Crippen MR) is 559 cm³/mol. The van der Waals surface area contributed by atoms with Gasteiger partial charge in [0.05, 0.1) is 86.4 Å². The van der Waals surface area contributed by atoms with E-state index in [-0.39, 0.29) is 0 Å². The molecule has 6 heterocycles. The Kier molecular flexibility index (Phi) is 20.4. The average molecular weight is 1760 g/mol. The summed E-state index contributed by atoms with van der Waals surface area (Å²) in [6, 6.07) is 159. The monoisotopic (exact) mass is 1760 g/mol. The van der Waals surface area contributed by atoms with Crippen LogP contribution in [-0.2, 0) is 0 Å². The van der Waals surface area contributed by atoms with Crippen LogP contribution in [0, 0.1) is 35.8 Å². The van der Waals surface area contributed by atoms with E-state index in [0.29, 0.717) is 57.4 Å². The Morgan fingerprint density at radius 1 is 0.203 bits per heavy atom. The molecule has 0 saturated heterocycles. The molecule has 640 valence electrons. The lowest BCUT2D eigenvalue weighted by atomic mass is 9.97. The van der Waals surface area contributed by atoms with Gasteiger partial charge in [0.25, 0.3) is 0 Å². The van der Waals surface area contributed by atoms with Crippen LogP contribution in [0.1, 0.15) is 11.1 Å². The molecule has 0 spiro atoms. The standard InChI is InChI=1S/C65H39N7.C59H35N7/c1-67-50-33-28-44(29-34-50)48-31-36-60-56(39-48)55-38-47(43-26-24-42(41-66)25-27-43)30-35-59(55)72(60)61-37-32-49(52-21-13-22-54-53-20-11-12-23-58(53)71(62(52)54)51-18-9-4-10-19-51)40-57(61)65-69-63(45-14-5-2-6-15-45)68-64(70-65)46-16-7-3-8-17-46;1-61-43-30-32-45(42(34-43)37-60)41-28-31-49-47-22-11-14-27-53(47)66(55(49)36-41)54-33-29-40(46-24-15-25-50-48-23-12-13-26-52(48)65(56(46)50)44-20-9-4-10-21-44)35-51(54)59-63-57(38-16-5-2-6-17-38)62-58(64-59)39-18-7-3-8-19-39/h2-40H;2-36H. The van der Waals surface area contributed by atoms with Crippen molar-refractivity contribution in [3.05, 3.63) is 483 Å². The second-order valence-corrected chi connectivity index (χ2v) is 34.0. The fourth-order valence-corrected chi connectivity index (χ4v) is 19.7. The summed E-state index contributed by atoms with van der Waals surface area (Å²) < 4.78 is 9.38. The van der Waals surface area contributed by atoms with Crippen molar-refractivity contribution in [1.82, 2.24) is 48.2 Å². The van der Waals surface area contributed by atoms with Gasteiger partial charge in [-0.1, -0.05) is 334 Å². The van der Waals surface area contributed by atoms with Crippen molar-refractivity contribution in [3.8, 4) is 159 Å². The third-order valence-corrected chi connectivity index (χ3v) is 26.1. The Hall–Kier alpha value is -19.6. The zero-order valence-electron chi connectivity index (χ0n) is 74.0. The third-order valence-electron chi connectivity index (χ3n) is 26.1. The Bertz CT molecular complexity index is 9110. The van der Waals surface area contributed by atoms with Crippen LogP contribution < -0.4 is 0 Å². The Morgan fingerprint density at radius 2 is 0.536 bits per heavy atom. The average Bonchev–Trinajstić information content (AvgIpc) is 1.57. The van der Waals surface area contributed by atoms with Gasteiger partial charge in [-0.2, -0.15) is 10.5 Å². The number of nitrogens with zero attached hydrogens (tertiary/aromatic N) is 14. The van der Waals surface area contributed by atoms with E-state index in [1.54, 1.807) is 12.1 Å². The van der Waals surface area contributed by atoms with E-state index >= 15 is 0 Å². The number of nitriles is 2. The summed E-state index contributed by atoms with van der Waals surface area (Å²) in [5.74, 6) is 3.35. The van der Waals surface area contributed by atoms with Crippen LogP contribution in [0.15, 0.2) is 449 Å². The van der Waals surface area contributed by atoms with Gasteiger partial charge in [0.2, 0.25) is 0 Å². The largest absolute Gasteiger partial charge is 0.309 e. The maximum atomic E-state index is 10.3. The number of para-hydroxylation sites is 7. The number of rotatable bonds is 15. The van der Waals surface area contributed by atoms with Crippen LogP contribution in [0.5, 0.6) is 0 Å². The summed E-state index contributed by atoms with van der Waals surface area (Å²) in [6.07, 6.45) is 0. The maximum absolute atomic E-state index is 10.3. The van der Waals surface area contributed by atoms with E-state index in [0.717, 1.165) is 188 Å².